The van der Waals surface area contributed by atoms with Crippen LogP contribution in [0, 0.1) is 0 Å². The predicted octanol–water partition coefficient (Wildman–Crippen LogP) is 3.58. The van der Waals surface area contributed by atoms with E-state index in [0.29, 0.717) is 16.3 Å². The molecule has 0 aromatic heterocycles. The smallest absolute Gasteiger partial charge is 0.252 e. The molecule has 2 aromatic rings. The highest BCUT2D eigenvalue weighted by Gasteiger charge is 2.14. The molecule has 2 rings (SSSR count). The third kappa shape index (κ3) is 3.06. The molecule has 0 saturated carbocycles. The van der Waals surface area contributed by atoms with Gasteiger partial charge in [-0.3, -0.25) is 4.79 Å². The van der Waals surface area contributed by atoms with E-state index >= 15 is 0 Å². The number of benzene rings is 2. The Morgan fingerprint density at radius 1 is 1.16 bits per heavy atom. The zero-order valence-corrected chi connectivity index (χ0v) is 11.2. The fourth-order valence-electron chi connectivity index (χ4n) is 1.83. The van der Waals surface area contributed by atoms with Gasteiger partial charge in [0.05, 0.1) is 5.56 Å². The topological polar surface area (TPSA) is 52.3 Å². The van der Waals surface area contributed by atoms with Gasteiger partial charge in [0.1, 0.15) is 11.9 Å². The summed E-state index contributed by atoms with van der Waals surface area (Å²) in [6, 6.07) is 14.3. The van der Waals surface area contributed by atoms with Crippen molar-refractivity contribution in [2.45, 2.75) is 13.0 Å². The quantitative estimate of drug-likeness (QED) is 0.927. The Balaban J connectivity index is 2.27. The summed E-state index contributed by atoms with van der Waals surface area (Å²) in [7, 11) is 0. The van der Waals surface area contributed by atoms with Crippen LogP contribution in [-0.2, 0) is 0 Å². The van der Waals surface area contributed by atoms with Gasteiger partial charge in [0.25, 0.3) is 5.91 Å². The predicted molar refractivity (Wildman–Crippen MR) is 75.5 cm³/mol. The number of nitrogens with two attached hydrogens (primary N) is 1. The Bertz CT molecular complexity index is 598. The molecule has 0 bridgehead atoms. The van der Waals surface area contributed by atoms with Crippen LogP contribution in [0.2, 0.25) is 5.02 Å². The molecular weight excluding hydrogens is 262 g/mol. The lowest BCUT2D eigenvalue weighted by Gasteiger charge is -2.17. The monoisotopic (exact) mass is 275 g/mol. The number of carbonyl (C=O) groups excluding carboxylic acids is 1. The molecule has 19 heavy (non-hydrogen) atoms. The van der Waals surface area contributed by atoms with Crippen LogP contribution < -0.4 is 10.5 Å². The summed E-state index contributed by atoms with van der Waals surface area (Å²) >= 11 is 6.12. The summed E-state index contributed by atoms with van der Waals surface area (Å²) in [6.07, 6.45) is -0.269. The first kappa shape index (κ1) is 13.4. The molecular formula is C15H14ClNO2. The van der Waals surface area contributed by atoms with Crippen LogP contribution in [-0.4, -0.2) is 5.91 Å². The second kappa shape index (κ2) is 5.76. The zero-order chi connectivity index (χ0) is 13.8. The molecule has 0 heterocycles. The van der Waals surface area contributed by atoms with Gasteiger partial charge in [0.15, 0.2) is 0 Å². The average Bonchev–Trinajstić information content (AvgIpc) is 2.39. The van der Waals surface area contributed by atoms with Gasteiger partial charge in [-0.05, 0) is 25.1 Å². The molecule has 4 heteroatoms. The van der Waals surface area contributed by atoms with E-state index in [1.54, 1.807) is 30.3 Å². The van der Waals surface area contributed by atoms with Gasteiger partial charge in [-0.1, -0.05) is 41.9 Å². The lowest BCUT2D eigenvalue weighted by atomic mass is 10.1. The Labute approximate surface area is 117 Å². The van der Waals surface area contributed by atoms with E-state index in [9.17, 15) is 4.79 Å². The second-order valence-electron chi connectivity index (χ2n) is 4.14. The maximum atomic E-state index is 11.3. The number of halogens is 1. The van der Waals surface area contributed by atoms with E-state index in [2.05, 4.69) is 0 Å². The molecule has 0 spiro atoms. The Kier molecular flexibility index (Phi) is 4.07. The van der Waals surface area contributed by atoms with Crippen molar-refractivity contribution in [3.05, 3.63) is 64.7 Å². The Hall–Kier alpha value is -2.00. The molecule has 0 saturated heterocycles. The maximum Gasteiger partial charge on any atom is 0.252 e. The van der Waals surface area contributed by atoms with Crippen LogP contribution in [0.15, 0.2) is 48.5 Å². The number of hydrogen-bond donors (Lipinski definition) is 1. The maximum absolute atomic E-state index is 11.3. The summed E-state index contributed by atoms with van der Waals surface area (Å²) in [4.78, 5) is 11.3. The molecule has 2 N–H and O–H groups in total. The molecule has 0 aliphatic heterocycles. The number of primary amides is 1. The van der Waals surface area contributed by atoms with Gasteiger partial charge in [0, 0.05) is 10.6 Å². The van der Waals surface area contributed by atoms with Crippen LogP contribution in [0.1, 0.15) is 28.9 Å². The number of ether oxygens (including phenoxy) is 1. The van der Waals surface area contributed by atoms with E-state index < -0.39 is 5.91 Å². The van der Waals surface area contributed by atoms with Crippen LogP contribution in [0.25, 0.3) is 0 Å². The molecule has 1 atom stereocenters. The van der Waals surface area contributed by atoms with Crippen LogP contribution >= 0.6 is 11.6 Å². The number of rotatable bonds is 4. The minimum Gasteiger partial charge on any atom is -0.485 e. The highest BCUT2D eigenvalue weighted by atomic mass is 35.5. The number of carbonyl (C=O) groups is 1. The van der Waals surface area contributed by atoms with Crippen molar-refractivity contribution < 1.29 is 9.53 Å². The van der Waals surface area contributed by atoms with E-state index in [-0.39, 0.29) is 6.10 Å². The van der Waals surface area contributed by atoms with Crippen molar-refractivity contribution in [3.63, 3.8) is 0 Å². The fraction of sp³-hybridized carbons (Fsp3) is 0.133. The van der Waals surface area contributed by atoms with Crippen molar-refractivity contribution in [1.82, 2.24) is 0 Å². The summed E-state index contributed by atoms with van der Waals surface area (Å²) in [5, 5.41) is 0.631. The largest absolute Gasteiger partial charge is 0.485 e. The summed E-state index contributed by atoms with van der Waals surface area (Å²) < 4.78 is 5.79. The van der Waals surface area contributed by atoms with Gasteiger partial charge >= 0.3 is 0 Å². The van der Waals surface area contributed by atoms with Gasteiger partial charge < -0.3 is 10.5 Å². The third-order valence-corrected chi connectivity index (χ3v) is 3.14. The molecule has 98 valence electrons. The van der Waals surface area contributed by atoms with Crippen molar-refractivity contribution in [1.29, 1.82) is 0 Å². The second-order valence-corrected chi connectivity index (χ2v) is 4.55. The molecule has 2 aromatic carbocycles. The normalized spacial score (nSPS) is 11.9. The average molecular weight is 276 g/mol. The number of amides is 1. The van der Waals surface area contributed by atoms with Crippen LogP contribution in [0.5, 0.6) is 5.75 Å². The lowest BCUT2D eigenvalue weighted by molar-refractivity contribution is 0.0993. The SMILES string of the molecule is C[C@@H](Oc1ccccc1C(N)=O)c1ccccc1Cl. The number of hydrogen-bond acceptors (Lipinski definition) is 2. The van der Waals surface area contributed by atoms with Gasteiger partial charge in [-0.2, -0.15) is 0 Å². The highest BCUT2D eigenvalue weighted by molar-refractivity contribution is 6.31. The minimum atomic E-state index is -0.512. The minimum absolute atomic E-state index is 0.269. The lowest BCUT2D eigenvalue weighted by Crippen LogP contribution is -2.14. The summed E-state index contributed by atoms with van der Waals surface area (Å²) in [6.45, 7) is 1.87. The molecule has 3 nitrogen and oxygen atoms in total. The highest BCUT2D eigenvalue weighted by Crippen LogP contribution is 2.28. The number of para-hydroxylation sites is 1. The molecule has 0 aliphatic rings. The summed E-state index contributed by atoms with van der Waals surface area (Å²) in [5.74, 6) is -0.0515. The van der Waals surface area contributed by atoms with Gasteiger partial charge in [-0.25, -0.2) is 0 Å². The molecule has 0 unspecified atom stereocenters. The van der Waals surface area contributed by atoms with Crippen molar-refractivity contribution >= 4 is 17.5 Å². The molecule has 0 aliphatic carbocycles. The molecule has 0 radical (unpaired) electrons. The first-order valence-electron chi connectivity index (χ1n) is 5.89. The van der Waals surface area contributed by atoms with E-state index in [4.69, 9.17) is 22.1 Å². The van der Waals surface area contributed by atoms with E-state index in [1.165, 1.54) is 0 Å². The fourth-order valence-corrected chi connectivity index (χ4v) is 2.12. The third-order valence-electron chi connectivity index (χ3n) is 2.80. The molecule has 0 fully saturated rings. The Morgan fingerprint density at radius 3 is 2.47 bits per heavy atom. The summed E-state index contributed by atoms with van der Waals surface area (Å²) in [5.41, 5.74) is 6.54. The van der Waals surface area contributed by atoms with E-state index in [1.807, 2.05) is 25.1 Å². The first-order chi connectivity index (χ1) is 9.09. The van der Waals surface area contributed by atoms with E-state index in [0.717, 1.165) is 5.56 Å². The first-order valence-corrected chi connectivity index (χ1v) is 6.27. The van der Waals surface area contributed by atoms with Crippen LogP contribution in [0.3, 0.4) is 0 Å². The van der Waals surface area contributed by atoms with Crippen molar-refractivity contribution in [2.75, 3.05) is 0 Å². The standard InChI is InChI=1S/C15H14ClNO2/c1-10(11-6-2-4-8-13(11)16)19-14-9-5-3-7-12(14)15(17)18/h2-10H,1H3,(H2,17,18)/t10-/m1/s1. The van der Waals surface area contributed by atoms with Crippen LogP contribution in [0.4, 0.5) is 0 Å². The van der Waals surface area contributed by atoms with Gasteiger partial charge in [0.2, 0.25) is 0 Å². The molecule has 1 amide bonds. The van der Waals surface area contributed by atoms with Crippen molar-refractivity contribution in [2.24, 2.45) is 5.73 Å². The van der Waals surface area contributed by atoms with Gasteiger partial charge in [-0.15, -0.1) is 0 Å². The zero-order valence-electron chi connectivity index (χ0n) is 10.5. The Morgan fingerprint density at radius 2 is 1.79 bits per heavy atom. The van der Waals surface area contributed by atoms with Crippen molar-refractivity contribution in [3.8, 4) is 5.75 Å².